The lowest BCUT2D eigenvalue weighted by Crippen LogP contribution is -2.05. The minimum atomic E-state index is -0.0920. The Balaban J connectivity index is 3.43. The van der Waals surface area contributed by atoms with Gasteiger partial charge in [0.25, 0.3) is 0 Å². The zero-order chi connectivity index (χ0) is 9.56. The SMILES string of the molecule is COC(=O)CC[C@H](C)CC(C)C. The van der Waals surface area contributed by atoms with Crippen molar-refractivity contribution in [2.24, 2.45) is 11.8 Å². The van der Waals surface area contributed by atoms with E-state index in [4.69, 9.17) is 0 Å². The predicted octanol–water partition coefficient (Wildman–Crippen LogP) is 2.62. The number of methoxy groups -OCH3 is 1. The lowest BCUT2D eigenvalue weighted by molar-refractivity contribution is -0.140. The van der Waals surface area contributed by atoms with E-state index in [1.165, 1.54) is 13.5 Å². The van der Waals surface area contributed by atoms with Crippen molar-refractivity contribution < 1.29 is 9.53 Å². The summed E-state index contributed by atoms with van der Waals surface area (Å²) in [5.41, 5.74) is 0. The van der Waals surface area contributed by atoms with Crippen LogP contribution in [0.4, 0.5) is 0 Å². The first-order chi connectivity index (χ1) is 5.56. The zero-order valence-electron chi connectivity index (χ0n) is 8.59. The Morgan fingerprint density at radius 2 is 1.92 bits per heavy atom. The Kier molecular flexibility index (Phi) is 5.77. The standard InChI is InChI=1S/C10H20O2/c1-8(2)7-9(3)5-6-10(11)12-4/h8-9H,5-7H2,1-4H3/t9-/m0/s1. The smallest absolute Gasteiger partial charge is 0.305 e. The van der Waals surface area contributed by atoms with Crippen LogP contribution < -0.4 is 0 Å². The van der Waals surface area contributed by atoms with Gasteiger partial charge < -0.3 is 4.74 Å². The first kappa shape index (κ1) is 11.5. The van der Waals surface area contributed by atoms with Crippen molar-refractivity contribution in [3.05, 3.63) is 0 Å². The van der Waals surface area contributed by atoms with Gasteiger partial charge in [-0.2, -0.15) is 0 Å². The predicted molar refractivity (Wildman–Crippen MR) is 49.9 cm³/mol. The first-order valence-corrected chi connectivity index (χ1v) is 4.63. The Morgan fingerprint density at radius 3 is 2.33 bits per heavy atom. The van der Waals surface area contributed by atoms with Crippen LogP contribution >= 0.6 is 0 Å². The van der Waals surface area contributed by atoms with E-state index in [1.807, 2.05) is 0 Å². The highest BCUT2D eigenvalue weighted by Gasteiger charge is 2.07. The maximum absolute atomic E-state index is 10.8. The molecule has 0 saturated carbocycles. The maximum Gasteiger partial charge on any atom is 0.305 e. The molecule has 2 heteroatoms. The third kappa shape index (κ3) is 6.20. The molecule has 0 aliphatic rings. The fourth-order valence-corrected chi connectivity index (χ4v) is 1.39. The van der Waals surface area contributed by atoms with Crippen molar-refractivity contribution in [3.63, 3.8) is 0 Å². The summed E-state index contributed by atoms with van der Waals surface area (Å²) in [5.74, 6) is 1.26. The Morgan fingerprint density at radius 1 is 1.33 bits per heavy atom. The molecular formula is C10H20O2. The average Bonchev–Trinajstić information content (AvgIpc) is 1.99. The van der Waals surface area contributed by atoms with Crippen molar-refractivity contribution in [2.75, 3.05) is 7.11 Å². The summed E-state index contributed by atoms with van der Waals surface area (Å²) in [4.78, 5) is 10.8. The largest absolute Gasteiger partial charge is 0.469 e. The van der Waals surface area contributed by atoms with Crippen molar-refractivity contribution >= 4 is 5.97 Å². The summed E-state index contributed by atoms with van der Waals surface area (Å²) in [5, 5.41) is 0. The van der Waals surface area contributed by atoms with Gasteiger partial charge in [-0.05, 0) is 24.7 Å². The van der Waals surface area contributed by atoms with Crippen LogP contribution in [0, 0.1) is 11.8 Å². The Labute approximate surface area is 75.3 Å². The third-order valence-corrected chi connectivity index (χ3v) is 1.94. The third-order valence-electron chi connectivity index (χ3n) is 1.94. The minimum Gasteiger partial charge on any atom is -0.469 e. The number of hydrogen-bond donors (Lipinski definition) is 0. The molecule has 0 aliphatic heterocycles. The molecule has 0 rings (SSSR count). The Bertz CT molecular complexity index is 130. The van der Waals surface area contributed by atoms with E-state index in [2.05, 4.69) is 25.5 Å². The van der Waals surface area contributed by atoms with Gasteiger partial charge in [-0.25, -0.2) is 0 Å². The molecule has 0 N–H and O–H groups in total. The van der Waals surface area contributed by atoms with Crippen molar-refractivity contribution in [1.82, 2.24) is 0 Å². The van der Waals surface area contributed by atoms with Gasteiger partial charge in [0.15, 0.2) is 0 Å². The number of rotatable bonds is 5. The van der Waals surface area contributed by atoms with Crippen LogP contribution in [0.25, 0.3) is 0 Å². The molecule has 0 heterocycles. The molecular weight excluding hydrogens is 152 g/mol. The van der Waals surface area contributed by atoms with Crippen LogP contribution in [-0.4, -0.2) is 13.1 Å². The van der Waals surface area contributed by atoms with Gasteiger partial charge in [-0.1, -0.05) is 20.8 Å². The molecule has 0 aromatic carbocycles. The molecule has 0 unspecified atom stereocenters. The van der Waals surface area contributed by atoms with Gasteiger partial charge >= 0.3 is 5.97 Å². The summed E-state index contributed by atoms with van der Waals surface area (Å²) < 4.78 is 4.57. The molecule has 0 radical (unpaired) electrons. The van der Waals surface area contributed by atoms with E-state index < -0.39 is 0 Å². The number of carbonyl (C=O) groups is 1. The van der Waals surface area contributed by atoms with Gasteiger partial charge in [0, 0.05) is 6.42 Å². The molecule has 0 bridgehead atoms. The van der Waals surface area contributed by atoms with Crippen molar-refractivity contribution in [1.29, 1.82) is 0 Å². The van der Waals surface area contributed by atoms with Gasteiger partial charge in [0.1, 0.15) is 0 Å². The highest BCUT2D eigenvalue weighted by molar-refractivity contribution is 5.69. The van der Waals surface area contributed by atoms with Gasteiger partial charge in [0.2, 0.25) is 0 Å². The number of ether oxygens (including phenoxy) is 1. The second-order valence-electron chi connectivity index (χ2n) is 3.85. The molecule has 72 valence electrons. The van der Waals surface area contributed by atoms with E-state index in [9.17, 15) is 4.79 Å². The van der Waals surface area contributed by atoms with Gasteiger partial charge in [0.05, 0.1) is 7.11 Å². The summed E-state index contributed by atoms with van der Waals surface area (Å²) in [7, 11) is 1.44. The minimum absolute atomic E-state index is 0.0920. The van der Waals surface area contributed by atoms with E-state index in [0.29, 0.717) is 12.3 Å². The van der Waals surface area contributed by atoms with E-state index in [1.54, 1.807) is 0 Å². The fraction of sp³-hybridized carbons (Fsp3) is 0.900. The molecule has 0 aromatic rings. The lowest BCUT2D eigenvalue weighted by atomic mass is 9.95. The Hall–Kier alpha value is -0.530. The highest BCUT2D eigenvalue weighted by atomic mass is 16.5. The fourth-order valence-electron chi connectivity index (χ4n) is 1.39. The van der Waals surface area contributed by atoms with Crippen LogP contribution in [0.3, 0.4) is 0 Å². The van der Waals surface area contributed by atoms with E-state index in [0.717, 1.165) is 12.3 Å². The van der Waals surface area contributed by atoms with Crippen LogP contribution in [0.5, 0.6) is 0 Å². The van der Waals surface area contributed by atoms with Gasteiger partial charge in [-0.3, -0.25) is 4.79 Å². The van der Waals surface area contributed by atoms with Crippen LogP contribution in [0.15, 0.2) is 0 Å². The molecule has 2 nitrogen and oxygen atoms in total. The maximum atomic E-state index is 10.8. The topological polar surface area (TPSA) is 26.3 Å². The lowest BCUT2D eigenvalue weighted by Gasteiger charge is -2.12. The van der Waals surface area contributed by atoms with Crippen LogP contribution in [-0.2, 0) is 9.53 Å². The quantitative estimate of drug-likeness (QED) is 0.596. The number of hydrogen-bond acceptors (Lipinski definition) is 2. The van der Waals surface area contributed by atoms with Crippen LogP contribution in [0.2, 0.25) is 0 Å². The molecule has 0 amide bonds. The second kappa shape index (κ2) is 6.04. The summed E-state index contributed by atoms with van der Waals surface area (Å²) in [6.45, 7) is 6.59. The molecule has 1 atom stereocenters. The summed E-state index contributed by atoms with van der Waals surface area (Å²) >= 11 is 0. The summed E-state index contributed by atoms with van der Waals surface area (Å²) in [6, 6.07) is 0. The van der Waals surface area contributed by atoms with Crippen molar-refractivity contribution in [3.8, 4) is 0 Å². The van der Waals surface area contributed by atoms with Crippen molar-refractivity contribution in [2.45, 2.75) is 40.0 Å². The molecule has 0 spiro atoms. The number of esters is 1. The molecule has 0 aromatic heterocycles. The molecule has 12 heavy (non-hydrogen) atoms. The highest BCUT2D eigenvalue weighted by Crippen LogP contribution is 2.16. The number of carbonyl (C=O) groups excluding carboxylic acids is 1. The van der Waals surface area contributed by atoms with Crippen LogP contribution in [0.1, 0.15) is 40.0 Å². The van der Waals surface area contributed by atoms with E-state index >= 15 is 0 Å². The van der Waals surface area contributed by atoms with E-state index in [-0.39, 0.29) is 5.97 Å². The summed E-state index contributed by atoms with van der Waals surface area (Å²) in [6.07, 6.45) is 2.70. The average molecular weight is 172 g/mol. The zero-order valence-corrected chi connectivity index (χ0v) is 8.59. The molecule has 0 fully saturated rings. The molecule has 0 aliphatic carbocycles. The normalized spacial score (nSPS) is 13.1. The molecule has 0 saturated heterocycles. The second-order valence-corrected chi connectivity index (χ2v) is 3.85. The van der Waals surface area contributed by atoms with Gasteiger partial charge in [-0.15, -0.1) is 0 Å². The monoisotopic (exact) mass is 172 g/mol. The first-order valence-electron chi connectivity index (χ1n) is 4.63.